The molecule has 4 rings (SSSR count). The normalized spacial score (nSPS) is 20.2. The maximum absolute atomic E-state index is 12.8. The van der Waals surface area contributed by atoms with Crippen LogP contribution in [0.4, 0.5) is 5.69 Å². The van der Waals surface area contributed by atoms with Gasteiger partial charge >= 0.3 is 0 Å². The summed E-state index contributed by atoms with van der Waals surface area (Å²) in [5.74, 6) is 0.917. The fourth-order valence-corrected chi connectivity index (χ4v) is 5.75. The fraction of sp³-hybridized carbons (Fsp3) is 0.462. The molecule has 1 unspecified atom stereocenters. The lowest BCUT2D eigenvalue weighted by molar-refractivity contribution is -0.117. The summed E-state index contributed by atoms with van der Waals surface area (Å²) in [4.78, 5) is 22.3. The van der Waals surface area contributed by atoms with Gasteiger partial charge in [-0.05, 0) is 42.5 Å². The maximum atomic E-state index is 12.8. The van der Waals surface area contributed by atoms with E-state index in [1.807, 2.05) is 11.0 Å². The standard InChI is InChI=1S/C26H33N3OS.ClH/c1-3-21-14-16-24(17-15-21)29(20(2)30)25-19-31-26(27-23-12-8-5-9-13-23)28(25)18-22-10-6-4-7-11-22;/h4,6-7,10-11,14-17,23,25H,3,5,8-9,12-13,18-19H2,1-2H3;1H. The topological polar surface area (TPSA) is 35.9 Å². The summed E-state index contributed by atoms with van der Waals surface area (Å²) in [6, 6.07) is 19.4. The van der Waals surface area contributed by atoms with Crippen LogP contribution in [0.25, 0.3) is 0 Å². The molecule has 0 aromatic heterocycles. The SMILES string of the molecule is CCc1ccc(N(C(C)=O)C2CSC(=NC3CCCCC3)N2Cc2ccccc2)cc1.Cl. The van der Waals surface area contributed by atoms with Crippen LogP contribution < -0.4 is 4.90 Å². The molecule has 2 fully saturated rings. The van der Waals surface area contributed by atoms with E-state index in [1.54, 1.807) is 18.7 Å². The van der Waals surface area contributed by atoms with Gasteiger partial charge in [0.1, 0.15) is 6.17 Å². The minimum atomic E-state index is -0.0301. The molecular weight excluding hydrogens is 438 g/mol. The Balaban J connectivity index is 0.00000289. The lowest BCUT2D eigenvalue weighted by Crippen LogP contribution is -2.49. The molecule has 1 atom stereocenters. The third-order valence-corrected chi connectivity index (χ3v) is 7.35. The fourth-order valence-electron chi connectivity index (χ4n) is 4.55. The number of anilines is 1. The van der Waals surface area contributed by atoms with Gasteiger partial charge in [0.15, 0.2) is 5.17 Å². The summed E-state index contributed by atoms with van der Waals surface area (Å²) in [6.07, 6.45) is 7.22. The van der Waals surface area contributed by atoms with Crippen molar-refractivity contribution in [3.8, 4) is 0 Å². The van der Waals surface area contributed by atoms with Crippen molar-refractivity contribution < 1.29 is 4.79 Å². The summed E-state index contributed by atoms with van der Waals surface area (Å²) in [5, 5.41) is 1.09. The molecule has 1 saturated heterocycles. The van der Waals surface area contributed by atoms with Gasteiger partial charge in [-0.2, -0.15) is 0 Å². The maximum Gasteiger partial charge on any atom is 0.225 e. The highest BCUT2D eigenvalue weighted by Crippen LogP contribution is 2.33. The van der Waals surface area contributed by atoms with E-state index in [1.165, 1.54) is 43.2 Å². The van der Waals surface area contributed by atoms with E-state index < -0.39 is 0 Å². The van der Waals surface area contributed by atoms with Crippen molar-refractivity contribution in [3.05, 3.63) is 65.7 Å². The van der Waals surface area contributed by atoms with Crippen LogP contribution >= 0.6 is 24.2 Å². The van der Waals surface area contributed by atoms with Crippen LogP contribution in [0.2, 0.25) is 0 Å². The first-order chi connectivity index (χ1) is 15.2. The van der Waals surface area contributed by atoms with Crippen molar-refractivity contribution >= 4 is 40.9 Å². The number of hydrogen-bond donors (Lipinski definition) is 0. The first-order valence-electron chi connectivity index (χ1n) is 11.6. The minimum absolute atomic E-state index is 0. The van der Waals surface area contributed by atoms with Crippen LogP contribution in [0.1, 0.15) is 57.1 Å². The number of aryl methyl sites for hydroxylation is 1. The monoisotopic (exact) mass is 471 g/mol. The molecule has 172 valence electrons. The average molecular weight is 472 g/mol. The second kappa shape index (κ2) is 11.8. The Labute approximate surface area is 202 Å². The summed E-state index contributed by atoms with van der Waals surface area (Å²) >= 11 is 1.80. The first-order valence-corrected chi connectivity index (χ1v) is 12.5. The number of benzene rings is 2. The van der Waals surface area contributed by atoms with Crippen molar-refractivity contribution in [2.45, 2.75) is 71.1 Å². The number of carbonyl (C=O) groups is 1. The Morgan fingerprint density at radius 2 is 1.72 bits per heavy atom. The molecule has 0 N–H and O–H groups in total. The molecule has 4 nitrogen and oxygen atoms in total. The van der Waals surface area contributed by atoms with E-state index in [0.29, 0.717) is 6.04 Å². The quantitative estimate of drug-likeness (QED) is 0.496. The van der Waals surface area contributed by atoms with Crippen molar-refractivity contribution in [1.82, 2.24) is 4.90 Å². The van der Waals surface area contributed by atoms with Gasteiger partial charge in [0.05, 0.1) is 6.04 Å². The van der Waals surface area contributed by atoms with E-state index in [4.69, 9.17) is 4.99 Å². The molecule has 1 aliphatic carbocycles. The van der Waals surface area contributed by atoms with Gasteiger partial charge in [0.25, 0.3) is 0 Å². The van der Waals surface area contributed by atoms with Crippen LogP contribution in [0.5, 0.6) is 0 Å². The molecule has 0 radical (unpaired) electrons. The predicted molar refractivity (Wildman–Crippen MR) is 139 cm³/mol. The number of thioether (sulfide) groups is 1. The van der Waals surface area contributed by atoms with Crippen LogP contribution in [-0.2, 0) is 17.8 Å². The number of halogens is 1. The number of rotatable bonds is 6. The molecule has 0 bridgehead atoms. The van der Waals surface area contributed by atoms with Gasteiger partial charge in [-0.3, -0.25) is 14.7 Å². The van der Waals surface area contributed by atoms with Gasteiger partial charge in [-0.1, -0.05) is 80.4 Å². The van der Waals surface area contributed by atoms with Crippen LogP contribution in [-0.4, -0.2) is 33.9 Å². The molecule has 1 amide bonds. The second-order valence-corrected chi connectivity index (χ2v) is 9.50. The molecule has 32 heavy (non-hydrogen) atoms. The number of hydrogen-bond acceptors (Lipinski definition) is 3. The van der Waals surface area contributed by atoms with Crippen LogP contribution in [0, 0.1) is 0 Å². The summed E-state index contributed by atoms with van der Waals surface area (Å²) in [5.41, 5.74) is 3.50. The zero-order valence-corrected chi connectivity index (χ0v) is 20.7. The Morgan fingerprint density at radius 1 is 1.03 bits per heavy atom. The smallest absolute Gasteiger partial charge is 0.225 e. The van der Waals surface area contributed by atoms with Gasteiger partial charge < -0.3 is 4.90 Å². The molecule has 1 heterocycles. The molecule has 2 aromatic rings. The van der Waals surface area contributed by atoms with Crippen molar-refractivity contribution in [1.29, 1.82) is 0 Å². The Kier molecular flexibility index (Phi) is 9.06. The molecule has 1 saturated carbocycles. The largest absolute Gasteiger partial charge is 0.325 e. The Bertz CT molecular complexity index is 897. The minimum Gasteiger partial charge on any atom is -0.325 e. The third kappa shape index (κ3) is 5.87. The van der Waals surface area contributed by atoms with Crippen molar-refractivity contribution in [2.75, 3.05) is 10.7 Å². The summed E-state index contributed by atoms with van der Waals surface area (Å²) in [6.45, 7) is 4.59. The van der Waals surface area contributed by atoms with E-state index >= 15 is 0 Å². The van der Waals surface area contributed by atoms with Crippen LogP contribution in [0.15, 0.2) is 59.6 Å². The highest BCUT2D eigenvalue weighted by molar-refractivity contribution is 8.14. The van der Waals surface area contributed by atoms with Crippen LogP contribution in [0.3, 0.4) is 0 Å². The number of amidine groups is 1. The average Bonchev–Trinajstić information content (AvgIpc) is 3.17. The van der Waals surface area contributed by atoms with Crippen molar-refractivity contribution in [2.24, 2.45) is 4.99 Å². The van der Waals surface area contributed by atoms with E-state index in [0.717, 1.165) is 29.6 Å². The second-order valence-electron chi connectivity index (χ2n) is 8.52. The van der Waals surface area contributed by atoms with E-state index in [9.17, 15) is 4.79 Å². The molecule has 1 aliphatic heterocycles. The van der Waals surface area contributed by atoms with Gasteiger partial charge in [0, 0.05) is 24.9 Å². The Hall–Kier alpha value is -1.98. The zero-order valence-electron chi connectivity index (χ0n) is 19.1. The number of amides is 1. The number of nitrogens with zero attached hydrogens (tertiary/aromatic N) is 3. The highest BCUT2D eigenvalue weighted by atomic mass is 35.5. The lowest BCUT2D eigenvalue weighted by Gasteiger charge is -2.35. The predicted octanol–water partition coefficient (Wildman–Crippen LogP) is 6.29. The number of aliphatic imine (C=N–C) groups is 1. The Morgan fingerprint density at radius 3 is 2.34 bits per heavy atom. The molecule has 6 heteroatoms. The molecule has 2 aliphatic rings. The first kappa shape index (κ1) is 24.7. The molecule has 0 spiro atoms. The van der Waals surface area contributed by atoms with Gasteiger partial charge in [-0.15, -0.1) is 12.4 Å². The lowest BCUT2D eigenvalue weighted by atomic mass is 9.96. The van der Waals surface area contributed by atoms with E-state index in [-0.39, 0.29) is 24.5 Å². The van der Waals surface area contributed by atoms with Gasteiger partial charge in [-0.25, -0.2) is 0 Å². The summed E-state index contributed by atoms with van der Waals surface area (Å²) < 4.78 is 0. The van der Waals surface area contributed by atoms with Gasteiger partial charge in [0.2, 0.25) is 5.91 Å². The number of carbonyl (C=O) groups excluding carboxylic acids is 1. The summed E-state index contributed by atoms with van der Waals surface area (Å²) in [7, 11) is 0. The highest BCUT2D eigenvalue weighted by Gasteiger charge is 2.37. The van der Waals surface area contributed by atoms with E-state index in [2.05, 4.69) is 60.4 Å². The molecule has 2 aromatic carbocycles. The van der Waals surface area contributed by atoms with Crippen molar-refractivity contribution in [3.63, 3.8) is 0 Å². The molecular formula is C26H34ClN3OS. The third-order valence-electron chi connectivity index (χ3n) is 6.29. The zero-order chi connectivity index (χ0) is 21.6.